The zero-order valence-corrected chi connectivity index (χ0v) is 14.9. The summed E-state index contributed by atoms with van der Waals surface area (Å²) in [6.45, 7) is 0.858. The van der Waals surface area contributed by atoms with Crippen molar-refractivity contribution in [3.63, 3.8) is 0 Å². The van der Waals surface area contributed by atoms with Crippen LogP contribution in [-0.2, 0) is 16.4 Å². The van der Waals surface area contributed by atoms with Crippen molar-refractivity contribution in [2.24, 2.45) is 0 Å². The van der Waals surface area contributed by atoms with Crippen LogP contribution in [0.15, 0.2) is 54.7 Å². The summed E-state index contributed by atoms with van der Waals surface area (Å²) in [4.78, 5) is 18.1. The zero-order chi connectivity index (χ0) is 17.9. The number of likely N-dealkylation sites (tertiary alicyclic amines) is 1. The molecule has 0 aliphatic carbocycles. The SMILES string of the molecule is CN(CCc1ccccn1)S(=O)(=O)C1CN(C(=O)c2ccccc2)C1. The maximum Gasteiger partial charge on any atom is 0.253 e. The number of likely N-dealkylation sites (N-methyl/N-ethyl adjacent to an activating group) is 1. The summed E-state index contributed by atoms with van der Waals surface area (Å²) in [6.07, 6.45) is 2.26. The van der Waals surface area contributed by atoms with Gasteiger partial charge in [0.25, 0.3) is 5.91 Å². The van der Waals surface area contributed by atoms with Crippen LogP contribution in [0.2, 0.25) is 0 Å². The van der Waals surface area contributed by atoms with Crippen LogP contribution in [0.1, 0.15) is 16.1 Å². The van der Waals surface area contributed by atoms with Crippen molar-refractivity contribution >= 4 is 15.9 Å². The van der Waals surface area contributed by atoms with Crippen LogP contribution in [-0.4, -0.2) is 60.4 Å². The van der Waals surface area contributed by atoms with Gasteiger partial charge in [-0.05, 0) is 24.3 Å². The molecule has 1 amide bonds. The van der Waals surface area contributed by atoms with Gasteiger partial charge in [0.2, 0.25) is 10.0 Å². The van der Waals surface area contributed by atoms with Crippen LogP contribution >= 0.6 is 0 Å². The third kappa shape index (κ3) is 3.88. The Bertz CT molecular complexity index is 819. The molecule has 1 aromatic heterocycles. The van der Waals surface area contributed by atoms with Crippen LogP contribution in [0.25, 0.3) is 0 Å². The first-order chi connectivity index (χ1) is 12.0. The van der Waals surface area contributed by atoms with E-state index >= 15 is 0 Å². The number of hydrogen-bond donors (Lipinski definition) is 0. The molecular formula is C18H21N3O3S. The summed E-state index contributed by atoms with van der Waals surface area (Å²) >= 11 is 0. The highest BCUT2D eigenvalue weighted by molar-refractivity contribution is 7.89. The summed E-state index contributed by atoms with van der Waals surface area (Å²) in [6, 6.07) is 14.5. The molecule has 0 radical (unpaired) electrons. The van der Waals surface area contributed by atoms with E-state index in [1.165, 1.54) is 4.31 Å². The second-order valence-corrected chi connectivity index (χ2v) is 8.46. The van der Waals surface area contributed by atoms with Gasteiger partial charge >= 0.3 is 0 Å². The normalized spacial score (nSPS) is 15.2. The molecular weight excluding hydrogens is 338 g/mol. The first-order valence-corrected chi connectivity index (χ1v) is 9.68. The molecule has 6 nitrogen and oxygen atoms in total. The van der Waals surface area contributed by atoms with Gasteiger partial charge in [-0.15, -0.1) is 0 Å². The van der Waals surface area contributed by atoms with Crippen molar-refractivity contribution in [3.05, 3.63) is 66.0 Å². The van der Waals surface area contributed by atoms with E-state index in [1.54, 1.807) is 42.4 Å². The Hall–Kier alpha value is -2.25. The number of aromatic nitrogens is 1. The van der Waals surface area contributed by atoms with Gasteiger partial charge in [-0.1, -0.05) is 24.3 Å². The topological polar surface area (TPSA) is 70.6 Å². The zero-order valence-electron chi connectivity index (χ0n) is 14.1. The highest BCUT2D eigenvalue weighted by Crippen LogP contribution is 2.21. The van der Waals surface area contributed by atoms with Gasteiger partial charge in [-0.2, -0.15) is 0 Å². The van der Waals surface area contributed by atoms with Gasteiger partial charge in [0, 0.05) is 50.6 Å². The van der Waals surface area contributed by atoms with Crippen LogP contribution in [0.3, 0.4) is 0 Å². The molecule has 0 atom stereocenters. The number of pyridine rings is 1. The van der Waals surface area contributed by atoms with E-state index in [0.717, 1.165) is 5.69 Å². The van der Waals surface area contributed by atoms with Crippen molar-refractivity contribution in [1.29, 1.82) is 0 Å². The predicted octanol–water partition coefficient (Wildman–Crippen LogP) is 1.41. The molecule has 7 heteroatoms. The van der Waals surface area contributed by atoms with E-state index in [1.807, 2.05) is 24.3 Å². The Morgan fingerprint density at radius 1 is 1.16 bits per heavy atom. The van der Waals surface area contributed by atoms with E-state index in [9.17, 15) is 13.2 Å². The number of carbonyl (C=O) groups excluding carboxylic acids is 1. The van der Waals surface area contributed by atoms with E-state index in [0.29, 0.717) is 18.5 Å². The number of hydrogen-bond acceptors (Lipinski definition) is 4. The first kappa shape index (κ1) is 17.6. The minimum Gasteiger partial charge on any atom is -0.336 e. The first-order valence-electron chi connectivity index (χ1n) is 8.18. The van der Waals surface area contributed by atoms with Gasteiger partial charge < -0.3 is 4.90 Å². The minimum absolute atomic E-state index is 0.122. The number of benzene rings is 1. The average Bonchev–Trinajstić information content (AvgIpc) is 2.59. The number of nitrogens with zero attached hydrogens (tertiary/aromatic N) is 3. The molecule has 1 aliphatic rings. The molecule has 2 heterocycles. The summed E-state index contributed by atoms with van der Waals surface area (Å²) in [5.74, 6) is -0.122. The molecule has 1 aliphatic heterocycles. The Morgan fingerprint density at radius 2 is 1.84 bits per heavy atom. The summed E-state index contributed by atoms with van der Waals surface area (Å²) in [5, 5.41) is -0.533. The fourth-order valence-corrected chi connectivity index (χ4v) is 4.35. The Balaban J connectivity index is 1.54. The van der Waals surface area contributed by atoms with Crippen molar-refractivity contribution < 1.29 is 13.2 Å². The molecule has 0 bridgehead atoms. The molecule has 2 aromatic rings. The van der Waals surface area contributed by atoms with Crippen LogP contribution in [0, 0.1) is 0 Å². The van der Waals surface area contributed by atoms with Gasteiger partial charge in [0.15, 0.2) is 0 Å². The molecule has 0 spiro atoms. The minimum atomic E-state index is -3.41. The number of amides is 1. The molecule has 25 heavy (non-hydrogen) atoms. The monoisotopic (exact) mass is 359 g/mol. The average molecular weight is 359 g/mol. The predicted molar refractivity (Wildman–Crippen MR) is 95.6 cm³/mol. The van der Waals surface area contributed by atoms with Gasteiger partial charge in [-0.3, -0.25) is 9.78 Å². The molecule has 132 valence electrons. The quantitative estimate of drug-likeness (QED) is 0.782. The van der Waals surface area contributed by atoms with Crippen LogP contribution < -0.4 is 0 Å². The maximum absolute atomic E-state index is 12.6. The van der Waals surface area contributed by atoms with E-state index in [4.69, 9.17) is 0 Å². The highest BCUT2D eigenvalue weighted by atomic mass is 32.2. The largest absolute Gasteiger partial charge is 0.336 e. The van der Waals surface area contributed by atoms with Crippen LogP contribution in [0.4, 0.5) is 0 Å². The van der Waals surface area contributed by atoms with E-state index < -0.39 is 15.3 Å². The molecule has 0 unspecified atom stereocenters. The molecule has 0 N–H and O–H groups in total. The van der Waals surface area contributed by atoms with Crippen molar-refractivity contribution in [1.82, 2.24) is 14.2 Å². The Labute approximate surface area is 148 Å². The van der Waals surface area contributed by atoms with Crippen LogP contribution in [0.5, 0.6) is 0 Å². The lowest BCUT2D eigenvalue weighted by atomic mass is 10.1. The lowest BCUT2D eigenvalue weighted by Gasteiger charge is -2.40. The summed E-state index contributed by atoms with van der Waals surface area (Å²) < 4.78 is 26.6. The van der Waals surface area contributed by atoms with Gasteiger partial charge in [0.1, 0.15) is 5.25 Å². The molecule has 3 rings (SSSR count). The second-order valence-electron chi connectivity index (χ2n) is 6.14. The molecule has 1 fully saturated rings. The summed E-state index contributed by atoms with van der Waals surface area (Å²) in [7, 11) is -1.83. The smallest absolute Gasteiger partial charge is 0.253 e. The fourth-order valence-electron chi connectivity index (χ4n) is 2.76. The fraction of sp³-hybridized carbons (Fsp3) is 0.333. The van der Waals surface area contributed by atoms with Gasteiger partial charge in [-0.25, -0.2) is 12.7 Å². The molecule has 0 saturated carbocycles. The molecule has 1 aromatic carbocycles. The molecule has 1 saturated heterocycles. The van der Waals surface area contributed by atoms with Crippen molar-refractivity contribution in [2.45, 2.75) is 11.7 Å². The van der Waals surface area contributed by atoms with E-state index in [-0.39, 0.29) is 19.0 Å². The standard InChI is InChI=1S/C18H21N3O3S/c1-20(12-10-16-9-5-6-11-19-16)25(23,24)17-13-21(14-17)18(22)15-7-3-2-4-8-15/h2-9,11,17H,10,12-14H2,1H3. The second kappa shape index (κ2) is 7.33. The lowest BCUT2D eigenvalue weighted by molar-refractivity contribution is 0.0655. The van der Waals surface area contributed by atoms with Crippen molar-refractivity contribution in [3.8, 4) is 0 Å². The Morgan fingerprint density at radius 3 is 2.48 bits per heavy atom. The Kier molecular flexibility index (Phi) is 5.15. The van der Waals surface area contributed by atoms with Crippen molar-refractivity contribution in [2.75, 3.05) is 26.7 Å². The van der Waals surface area contributed by atoms with E-state index in [2.05, 4.69) is 4.98 Å². The number of sulfonamides is 1. The highest BCUT2D eigenvalue weighted by Gasteiger charge is 2.41. The summed E-state index contributed by atoms with van der Waals surface area (Å²) in [5.41, 5.74) is 1.45. The van der Waals surface area contributed by atoms with Gasteiger partial charge in [0.05, 0.1) is 0 Å². The third-order valence-corrected chi connectivity index (χ3v) is 6.61. The number of rotatable bonds is 6. The number of carbonyl (C=O) groups is 1. The maximum atomic E-state index is 12.6. The third-order valence-electron chi connectivity index (χ3n) is 4.42. The lowest BCUT2D eigenvalue weighted by Crippen LogP contribution is -2.59.